The van der Waals surface area contributed by atoms with E-state index in [1.54, 1.807) is 10.7 Å². The standard InChI is InChI=1S/C19H18ClN3O/c1-14-13-18(22-23(14)17-5-3-2-4-6-17)19(24)21-12-11-15-7-9-16(20)10-8-15/h2-10,13H,11-12H2,1H3,(H,21,24). The molecule has 0 aliphatic carbocycles. The summed E-state index contributed by atoms with van der Waals surface area (Å²) >= 11 is 5.86. The first-order valence-electron chi connectivity index (χ1n) is 7.78. The van der Waals surface area contributed by atoms with Gasteiger partial charge in [0, 0.05) is 17.3 Å². The molecule has 0 atom stereocenters. The number of amides is 1. The molecule has 1 heterocycles. The Morgan fingerprint density at radius 1 is 1.12 bits per heavy atom. The Kier molecular flexibility index (Phi) is 4.96. The maximum absolute atomic E-state index is 12.3. The van der Waals surface area contributed by atoms with Crippen molar-refractivity contribution in [3.8, 4) is 5.69 Å². The Labute approximate surface area is 146 Å². The van der Waals surface area contributed by atoms with Crippen LogP contribution in [0.3, 0.4) is 0 Å². The molecule has 0 bridgehead atoms. The molecule has 5 heteroatoms. The lowest BCUT2D eigenvalue weighted by molar-refractivity contribution is 0.0948. The van der Waals surface area contributed by atoms with Crippen LogP contribution in [-0.4, -0.2) is 22.2 Å². The molecule has 0 saturated heterocycles. The van der Waals surface area contributed by atoms with Crippen LogP contribution in [0.1, 0.15) is 21.7 Å². The van der Waals surface area contributed by atoms with E-state index in [4.69, 9.17) is 11.6 Å². The Balaban J connectivity index is 1.62. The van der Waals surface area contributed by atoms with E-state index in [0.29, 0.717) is 17.3 Å². The van der Waals surface area contributed by atoms with Crippen LogP contribution in [0.2, 0.25) is 5.02 Å². The van der Waals surface area contributed by atoms with E-state index in [9.17, 15) is 4.79 Å². The molecule has 1 amide bonds. The van der Waals surface area contributed by atoms with Crippen LogP contribution in [0, 0.1) is 6.92 Å². The Hall–Kier alpha value is -2.59. The minimum absolute atomic E-state index is 0.165. The predicted molar refractivity (Wildman–Crippen MR) is 95.8 cm³/mol. The van der Waals surface area contributed by atoms with Crippen molar-refractivity contribution in [1.82, 2.24) is 15.1 Å². The minimum atomic E-state index is -0.165. The molecule has 0 aliphatic heterocycles. The smallest absolute Gasteiger partial charge is 0.271 e. The van der Waals surface area contributed by atoms with E-state index in [-0.39, 0.29) is 5.91 Å². The van der Waals surface area contributed by atoms with Crippen LogP contribution in [0.4, 0.5) is 0 Å². The van der Waals surface area contributed by atoms with Crippen molar-refractivity contribution in [2.24, 2.45) is 0 Å². The summed E-state index contributed by atoms with van der Waals surface area (Å²) in [6, 6.07) is 19.2. The number of para-hydroxylation sites is 1. The second-order valence-electron chi connectivity index (χ2n) is 5.55. The average Bonchev–Trinajstić information content (AvgIpc) is 2.99. The molecule has 3 aromatic rings. The van der Waals surface area contributed by atoms with Crippen LogP contribution < -0.4 is 5.32 Å². The van der Waals surface area contributed by atoms with Crippen molar-refractivity contribution >= 4 is 17.5 Å². The van der Waals surface area contributed by atoms with Gasteiger partial charge in [-0.3, -0.25) is 4.79 Å². The van der Waals surface area contributed by atoms with Gasteiger partial charge in [0.25, 0.3) is 5.91 Å². The number of nitrogens with zero attached hydrogens (tertiary/aromatic N) is 2. The van der Waals surface area contributed by atoms with Crippen molar-refractivity contribution in [3.63, 3.8) is 0 Å². The molecule has 122 valence electrons. The maximum atomic E-state index is 12.3. The summed E-state index contributed by atoms with van der Waals surface area (Å²) in [6.07, 6.45) is 0.751. The zero-order chi connectivity index (χ0) is 16.9. The number of carbonyl (C=O) groups is 1. The summed E-state index contributed by atoms with van der Waals surface area (Å²) in [4.78, 5) is 12.3. The van der Waals surface area contributed by atoms with E-state index < -0.39 is 0 Å². The van der Waals surface area contributed by atoms with Gasteiger partial charge in [0.05, 0.1) is 5.69 Å². The third-order valence-corrected chi connectivity index (χ3v) is 3.99. The number of benzene rings is 2. The van der Waals surface area contributed by atoms with Crippen LogP contribution in [0.15, 0.2) is 60.7 Å². The Morgan fingerprint density at radius 3 is 2.54 bits per heavy atom. The Morgan fingerprint density at radius 2 is 1.83 bits per heavy atom. The zero-order valence-corrected chi connectivity index (χ0v) is 14.1. The van der Waals surface area contributed by atoms with Crippen molar-refractivity contribution in [1.29, 1.82) is 0 Å². The second kappa shape index (κ2) is 7.32. The van der Waals surface area contributed by atoms with Crippen molar-refractivity contribution < 1.29 is 4.79 Å². The quantitative estimate of drug-likeness (QED) is 0.768. The van der Waals surface area contributed by atoms with E-state index in [2.05, 4.69) is 10.4 Å². The Bertz CT molecular complexity index is 826. The molecule has 0 radical (unpaired) electrons. The molecule has 1 aromatic heterocycles. The molecule has 0 spiro atoms. The number of aromatic nitrogens is 2. The molecule has 3 rings (SSSR count). The van der Waals surface area contributed by atoms with Crippen molar-refractivity contribution in [2.75, 3.05) is 6.54 Å². The predicted octanol–water partition coefficient (Wildman–Crippen LogP) is 3.81. The summed E-state index contributed by atoms with van der Waals surface area (Å²) < 4.78 is 1.77. The van der Waals surface area contributed by atoms with Gasteiger partial charge in [-0.2, -0.15) is 5.10 Å². The normalized spacial score (nSPS) is 10.6. The molecule has 0 unspecified atom stereocenters. The van der Waals surface area contributed by atoms with Gasteiger partial charge in [-0.15, -0.1) is 0 Å². The third-order valence-electron chi connectivity index (χ3n) is 3.73. The number of rotatable bonds is 5. The summed E-state index contributed by atoms with van der Waals surface area (Å²) in [5.74, 6) is -0.165. The van der Waals surface area contributed by atoms with Crippen molar-refractivity contribution in [2.45, 2.75) is 13.3 Å². The average molecular weight is 340 g/mol. The summed E-state index contributed by atoms with van der Waals surface area (Å²) in [7, 11) is 0. The fraction of sp³-hybridized carbons (Fsp3) is 0.158. The third kappa shape index (κ3) is 3.84. The molecule has 0 saturated carbocycles. The maximum Gasteiger partial charge on any atom is 0.271 e. The fourth-order valence-electron chi connectivity index (χ4n) is 2.48. The van der Waals surface area contributed by atoms with Crippen molar-refractivity contribution in [3.05, 3.63) is 82.6 Å². The van der Waals surface area contributed by atoms with Gasteiger partial charge < -0.3 is 5.32 Å². The molecule has 4 nitrogen and oxygen atoms in total. The number of nitrogens with one attached hydrogen (secondary N) is 1. The lowest BCUT2D eigenvalue weighted by Crippen LogP contribution is -2.26. The first-order valence-corrected chi connectivity index (χ1v) is 8.16. The highest BCUT2D eigenvalue weighted by Crippen LogP contribution is 2.12. The molecular formula is C19H18ClN3O. The number of aryl methyl sites for hydroxylation is 1. The summed E-state index contributed by atoms with van der Waals surface area (Å²) in [5, 5.41) is 8.02. The van der Waals surface area contributed by atoms with Gasteiger partial charge in [-0.25, -0.2) is 4.68 Å². The lowest BCUT2D eigenvalue weighted by atomic mass is 10.1. The number of hydrogen-bond acceptors (Lipinski definition) is 2. The fourth-order valence-corrected chi connectivity index (χ4v) is 2.60. The number of carbonyl (C=O) groups excluding carboxylic acids is 1. The second-order valence-corrected chi connectivity index (χ2v) is 5.99. The largest absolute Gasteiger partial charge is 0.350 e. The highest BCUT2D eigenvalue weighted by molar-refractivity contribution is 6.30. The molecule has 2 aromatic carbocycles. The van der Waals surface area contributed by atoms with Crippen LogP contribution >= 0.6 is 11.6 Å². The van der Waals surface area contributed by atoms with E-state index in [0.717, 1.165) is 23.4 Å². The van der Waals surface area contributed by atoms with Gasteiger partial charge in [-0.1, -0.05) is 41.9 Å². The number of halogens is 1. The van der Waals surface area contributed by atoms with E-state index in [1.807, 2.05) is 61.5 Å². The van der Waals surface area contributed by atoms with Gasteiger partial charge in [-0.05, 0) is 49.2 Å². The van der Waals surface area contributed by atoms with Gasteiger partial charge in [0.15, 0.2) is 5.69 Å². The van der Waals surface area contributed by atoms with Gasteiger partial charge in [0.1, 0.15) is 0 Å². The zero-order valence-electron chi connectivity index (χ0n) is 13.4. The topological polar surface area (TPSA) is 46.9 Å². The first kappa shape index (κ1) is 16.3. The highest BCUT2D eigenvalue weighted by Gasteiger charge is 2.12. The van der Waals surface area contributed by atoms with E-state index in [1.165, 1.54) is 0 Å². The monoisotopic (exact) mass is 339 g/mol. The summed E-state index contributed by atoms with van der Waals surface area (Å²) in [5.41, 5.74) is 3.41. The molecule has 1 N–H and O–H groups in total. The molecule has 0 fully saturated rings. The highest BCUT2D eigenvalue weighted by atomic mass is 35.5. The van der Waals surface area contributed by atoms with Gasteiger partial charge >= 0.3 is 0 Å². The van der Waals surface area contributed by atoms with Crippen LogP contribution in [0.25, 0.3) is 5.69 Å². The minimum Gasteiger partial charge on any atom is -0.350 e. The summed E-state index contributed by atoms with van der Waals surface area (Å²) in [6.45, 7) is 2.49. The lowest BCUT2D eigenvalue weighted by Gasteiger charge is -2.04. The van der Waals surface area contributed by atoms with Crippen LogP contribution in [0.5, 0.6) is 0 Å². The molecule has 24 heavy (non-hydrogen) atoms. The SMILES string of the molecule is Cc1cc(C(=O)NCCc2ccc(Cl)cc2)nn1-c1ccccc1. The number of hydrogen-bond donors (Lipinski definition) is 1. The molecule has 0 aliphatic rings. The van der Waals surface area contributed by atoms with Gasteiger partial charge in [0.2, 0.25) is 0 Å². The first-order chi connectivity index (χ1) is 11.6. The van der Waals surface area contributed by atoms with E-state index >= 15 is 0 Å². The molecular weight excluding hydrogens is 322 g/mol. The van der Waals surface area contributed by atoms with Crippen LogP contribution in [-0.2, 0) is 6.42 Å².